The predicted octanol–water partition coefficient (Wildman–Crippen LogP) is 1.43. The van der Waals surface area contributed by atoms with Gasteiger partial charge in [0.25, 0.3) is 0 Å². The standard InChI is InChI=1S/C13H19N3O2/c1-10-7-11(12(18-2)8-14-10)15-9-13(17)16-5-3-4-6-16/h7-8H,3-6,9H2,1-2H3,(H,14,15). The molecule has 0 bridgehead atoms. The van der Waals surface area contributed by atoms with Crippen molar-refractivity contribution in [2.75, 3.05) is 32.1 Å². The number of nitrogens with zero attached hydrogens (tertiary/aromatic N) is 2. The maximum atomic E-state index is 11.9. The van der Waals surface area contributed by atoms with Crippen LogP contribution in [-0.4, -0.2) is 42.5 Å². The molecule has 5 nitrogen and oxygen atoms in total. The molecule has 0 aliphatic carbocycles. The molecule has 0 unspecified atom stereocenters. The van der Waals surface area contributed by atoms with Gasteiger partial charge in [-0.3, -0.25) is 9.78 Å². The number of nitrogens with one attached hydrogen (secondary N) is 1. The van der Waals surface area contributed by atoms with E-state index in [1.54, 1.807) is 13.3 Å². The Morgan fingerprint density at radius 2 is 2.22 bits per heavy atom. The molecule has 1 fully saturated rings. The lowest BCUT2D eigenvalue weighted by Gasteiger charge is -2.17. The third-order valence-corrected chi connectivity index (χ3v) is 3.11. The van der Waals surface area contributed by atoms with Gasteiger partial charge in [-0.15, -0.1) is 0 Å². The number of hydrogen-bond donors (Lipinski definition) is 1. The van der Waals surface area contributed by atoms with Crippen molar-refractivity contribution in [3.8, 4) is 5.75 Å². The lowest BCUT2D eigenvalue weighted by molar-refractivity contribution is -0.128. The molecule has 0 saturated carbocycles. The van der Waals surface area contributed by atoms with Crippen LogP contribution in [0, 0.1) is 6.92 Å². The van der Waals surface area contributed by atoms with Crippen LogP contribution in [0.15, 0.2) is 12.3 Å². The second kappa shape index (κ2) is 5.71. The zero-order chi connectivity index (χ0) is 13.0. The Hall–Kier alpha value is -1.78. The van der Waals surface area contributed by atoms with Crippen LogP contribution in [0.1, 0.15) is 18.5 Å². The van der Waals surface area contributed by atoms with Crippen LogP contribution in [0.4, 0.5) is 5.69 Å². The molecule has 1 aromatic heterocycles. The fourth-order valence-electron chi connectivity index (χ4n) is 2.10. The lowest BCUT2D eigenvalue weighted by Crippen LogP contribution is -2.33. The van der Waals surface area contributed by atoms with Crippen LogP contribution in [0.25, 0.3) is 0 Å². The number of carbonyl (C=O) groups is 1. The number of aromatic nitrogens is 1. The van der Waals surface area contributed by atoms with Crippen LogP contribution in [0.2, 0.25) is 0 Å². The predicted molar refractivity (Wildman–Crippen MR) is 69.8 cm³/mol. The van der Waals surface area contributed by atoms with E-state index < -0.39 is 0 Å². The van der Waals surface area contributed by atoms with Crippen LogP contribution in [0.3, 0.4) is 0 Å². The summed E-state index contributed by atoms with van der Waals surface area (Å²) in [5.74, 6) is 0.804. The van der Waals surface area contributed by atoms with Gasteiger partial charge in [-0.2, -0.15) is 0 Å². The normalized spacial score (nSPS) is 14.7. The fourth-order valence-corrected chi connectivity index (χ4v) is 2.10. The summed E-state index contributed by atoms with van der Waals surface area (Å²) in [5, 5.41) is 3.13. The second-order valence-electron chi connectivity index (χ2n) is 4.47. The number of pyridine rings is 1. The first-order chi connectivity index (χ1) is 8.70. The summed E-state index contributed by atoms with van der Waals surface area (Å²) in [4.78, 5) is 18.0. The first kappa shape index (κ1) is 12.7. The molecule has 5 heteroatoms. The number of anilines is 1. The molecule has 2 rings (SSSR count). The summed E-state index contributed by atoms with van der Waals surface area (Å²) >= 11 is 0. The lowest BCUT2D eigenvalue weighted by atomic mass is 10.3. The number of amides is 1. The van der Waals surface area contributed by atoms with Crippen molar-refractivity contribution in [3.63, 3.8) is 0 Å². The minimum Gasteiger partial charge on any atom is -0.493 e. The monoisotopic (exact) mass is 249 g/mol. The van der Waals surface area contributed by atoms with Gasteiger partial charge in [0.2, 0.25) is 5.91 Å². The van der Waals surface area contributed by atoms with Crippen LogP contribution >= 0.6 is 0 Å². The summed E-state index contributed by atoms with van der Waals surface area (Å²) in [6.45, 7) is 3.98. The molecule has 1 N–H and O–H groups in total. The molecule has 0 spiro atoms. The van der Waals surface area contributed by atoms with Crippen molar-refractivity contribution in [3.05, 3.63) is 18.0 Å². The molecule has 0 radical (unpaired) electrons. The van der Waals surface area contributed by atoms with Crippen molar-refractivity contribution >= 4 is 11.6 Å². The van der Waals surface area contributed by atoms with E-state index in [-0.39, 0.29) is 5.91 Å². The summed E-state index contributed by atoms with van der Waals surface area (Å²) in [5.41, 5.74) is 1.71. The smallest absolute Gasteiger partial charge is 0.241 e. The average molecular weight is 249 g/mol. The zero-order valence-corrected chi connectivity index (χ0v) is 10.9. The highest BCUT2D eigenvalue weighted by Gasteiger charge is 2.17. The van der Waals surface area contributed by atoms with Crippen LogP contribution < -0.4 is 10.1 Å². The van der Waals surface area contributed by atoms with Gasteiger partial charge in [0.05, 0.1) is 25.5 Å². The van der Waals surface area contributed by atoms with Gasteiger partial charge in [0.1, 0.15) is 0 Å². The van der Waals surface area contributed by atoms with Crippen LogP contribution in [-0.2, 0) is 4.79 Å². The van der Waals surface area contributed by atoms with Gasteiger partial charge in [-0.1, -0.05) is 0 Å². The maximum absolute atomic E-state index is 11.9. The number of carbonyl (C=O) groups excluding carboxylic acids is 1. The Kier molecular flexibility index (Phi) is 4.02. The van der Waals surface area contributed by atoms with Crippen molar-refractivity contribution in [1.29, 1.82) is 0 Å². The first-order valence-electron chi connectivity index (χ1n) is 6.23. The van der Waals surface area contributed by atoms with Crippen molar-refractivity contribution < 1.29 is 9.53 Å². The van der Waals surface area contributed by atoms with Gasteiger partial charge >= 0.3 is 0 Å². The molecule has 1 aliphatic heterocycles. The van der Waals surface area contributed by atoms with Gasteiger partial charge in [-0.05, 0) is 25.8 Å². The molecule has 1 saturated heterocycles. The Balaban J connectivity index is 1.96. The number of methoxy groups -OCH3 is 1. The van der Waals surface area contributed by atoms with E-state index in [1.165, 1.54) is 0 Å². The van der Waals surface area contributed by atoms with Crippen LogP contribution in [0.5, 0.6) is 5.75 Å². The highest BCUT2D eigenvalue weighted by molar-refractivity contribution is 5.81. The third kappa shape index (κ3) is 2.91. The molecule has 0 atom stereocenters. The van der Waals surface area contributed by atoms with Gasteiger partial charge in [0.15, 0.2) is 5.75 Å². The minimum absolute atomic E-state index is 0.143. The largest absolute Gasteiger partial charge is 0.493 e. The Morgan fingerprint density at radius 3 is 2.89 bits per heavy atom. The molecular weight excluding hydrogens is 230 g/mol. The number of aryl methyl sites for hydroxylation is 1. The van der Waals surface area contributed by atoms with E-state index in [0.29, 0.717) is 12.3 Å². The van der Waals surface area contributed by atoms with Crippen molar-refractivity contribution in [2.24, 2.45) is 0 Å². The molecule has 0 aromatic carbocycles. The van der Waals surface area contributed by atoms with Gasteiger partial charge < -0.3 is 15.0 Å². The highest BCUT2D eigenvalue weighted by atomic mass is 16.5. The first-order valence-corrected chi connectivity index (χ1v) is 6.23. The zero-order valence-electron chi connectivity index (χ0n) is 10.9. The average Bonchev–Trinajstić information content (AvgIpc) is 2.90. The van der Waals surface area contributed by atoms with Gasteiger partial charge in [-0.25, -0.2) is 0 Å². The topological polar surface area (TPSA) is 54.5 Å². The Bertz CT molecular complexity index is 428. The van der Waals surface area contributed by atoms with E-state index in [9.17, 15) is 4.79 Å². The number of rotatable bonds is 4. The highest BCUT2D eigenvalue weighted by Crippen LogP contribution is 2.23. The summed E-state index contributed by atoms with van der Waals surface area (Å²) in [6, 6.07) is 1.89. The minimum atomic E-state index is 0.143. The Labute approximate surface area is 107 Å². The fraction of sp³-hybridized carbons (Fsp3) is 0.538. The second-order valence-corrected chi connectivity index (χ2v) is 4.47. The Morgan fingerprint density at radius 1 is 1.50 bits per heavy atom. The molecule has 1 aliphatic rings. The van der Waals surface area contributed by atoms with E-state index in [0.717, 1.165) is 37.3 Å². The number of likely N-dealkylation sites (tertiary alicyclic amines) is 1. The molecule has 2 heterocycles. The molecule has 1 amide bonds. The summed E-state index contributed by atoms with van der Waals surface area (Å²) in [7, 11) is 1.60. The van der Waals surface area contributed by atoms with Gasteiger partial charge in [0, 0.05) is 18.8 Å². The van der Waals surface area contributed by atoms with E-state index in [4.69, 9.17) is 4.74 Å². The number of ether oxygens (including phenoxy) is 1. The van der Waals surface area contributed by atoms with E-state index in [2.05, 4.69) is 10.3 Å². The van der Waals surface area contributed by atoms with Crippen molar-refractivity contribution in [2.45, 2.75) is 19.8 Å². The van der Waals surface area contributed by atoms with E-state index in [1.807, 2.05) is 17.9 Å². The molecule has 98 valence electrons. The quantitative estimate of drug-likeness (QED) is 0.877. The van der Waals surface area contributed by atoms with E-state index >= 15 is 0 Å². The SMILES string of the molecule is COc1cnc(C)cc1NCC(=O)N1CCCC1. The van der Waals surface area contributed by atoms with Crippen molar-refractivity contribution in [1.82, 2.24) is 9.88 Å². The summed E-state index contributed by atoms with van der Waals surface area (Å²) < 4.78 is 5.21. The molecule has 1 aromatic rings. The maximum Gasteiger partial charge on any atom is 0.241 e. The molecule has 18 heavy (non-hydrogen) atoms. The number of hydrogen-bond acceptors (Lipinski definition) is 4. The third-order valence-electron chi connectivity index (χ3n) is 3.11. The molecular formula is C13H19N3O2. The summed E-state index contributed by atoms with van der Waals surface area (Å²) in [6.07, 6.45) is 3.89.